The normalized spacial score (nSPS) is 26.6. The molecule has 1 N–H and O–H groups in total. The molecule has 1 saturated heterocycles. The minimum Gasteiger partial charge on any atom is -0.377 e. The number of halogens is 1. The Morgan fingerprint density at radius 1 is 1.15 bits per heavy atom. The molecule has 2 aliphatic carbocycles. The maximum atomic E-state index is 13.2. The first-order valence-electron chi connectivity index (χ1n) is 11.9. The standard InChI is InChI=1S/C24H32ClN3O4S/c1-15-14-32-12-11-28(15)24(29)17-5-7-18(8-6-17)26-33(30,31)19-9-10-20-21(13-19)27(2)23(22(20)25)16-3-4-16/h9-10,13,15-18,26H,3-8,11-12,14H2,1-2H3/t15-,17-,18-/m0/s1. The molecule has 2 aromatic rings. The second-order valence-electron chi connectivity index (χ2n) is 9.84. The lowest BCUT2D eigenvalue weighted by Crippen LogP contribution is -2.50. The molecule has 180 valence electrons. The number of hydrogen-bond donors (Lipinski definition) is 1. The van der Waals surface area contributed by atoms with Crippen LogP contribution in [0.1, 0.15) is 57.1 Å². The second-order valence-corrected chi connectivity index (χ2v) is 11.9. The zero-order valence-electron chi connectivity index (χ0n) is 19.2. The van der Waals surface area contributed by atoms with Gasteiger partial charge in [0.25, 0.3) is 0 Å². The van der Waals surface area contributed by atoms with Gasteiger partial charge in [0, 0.05) is 42.6 Å². The van der Waals surface area contributed by atoms with Gasteiger partial charge in [-0.25, -0.2) is 13.1 Å². The third kappa shape index (κ3) is 4.43. The first kappa shape index (κ1) is 23.1. The third-order valence-corrected chi connectivity index (χ3v) is 9.39. The van der Waals surface area contributed by atoms with E-state index < -0.39 is 10.0 Å². The van der Waals surface area contributed by atoms with Gasteiger partial charge in [-0.1, -0.05) is 11.6 Å². The highest BCUT2D eigenvalue weighted by Crippen LogP contribution is 2.46. The molecule has 0 bridgehead atoms. The van der Waals surface area contributed by atoms with Crippen LogP contribution in [0, 0.1) is 5.92 Å². The summed E-state index contributed by atoms with van der Waals surface area (Å²) >= 11 is 6.60. The Kier molecular flexibility index (Phi) is 6.22. The van der Waals surface area contributed by atoms with E-state index in [9.17, 15) is 13.2 Å². The van der Waals surface area contributed by atoms with Gasteiger partial charge in [0.05, 0.1) is 34.7 Å². The van der Waals surface area contributed by atoms with Crippen molar-refractivity contribution in [2.45, 2.75) is 68.3 Å². The van der Waals surface area contributed by atoms with Crippen LogP contribution in [0.2, 0.25) is 5.02 Å². The summed E-state index contributed by atoms with van der Waals surface area (Å²) in [5.74, 6) is 0.630. The molecule has 2 saturated carbocycles. The first-order valence-corrected chi connectivity index (χ1v) is 13.8. The minimum absolute atomic E-state index is 0.0333. The lowest BCUT2D eigenvalue weighted by Gasteiger charge is -2.37. The lowest BCUT2D eigenvalue weighted by molar-refractivity contribution is -0.144. The number of ether oxygens (including phenoxy) is 1. The van der Waals surface area contributed by atoms with Crippen molar-refractivity contribution in [2.24, 2.45) is 13.0 Å². The number of nitrogens with zero attached hydrogens (tertiary/aromatic N) is 2. The van der Waals surface area contributed by atoms with Crippen LogP contribution >= 0.6 is 11.6 Å². The predicted octanol–water partition coefficient (Wildman–Crippen LogP) is 3.79. The van der Waals surface area contributed by atoms with Gasteiger partial charge in [-0.15, -0.1) is 0 Å². The Labute approximate surface area is 200 Å². The molecule has 1 aromatic heterocycles. The summed E-state index contributed by atoms with van der Waals surface area (Å²) in [5, 5.41) is 1.64. The second kappa shape index (κ2) is 8.87. The Balaban J connectivity index is 1.26. The van der Waals surface area contributed by atoms with Gasteiger partial charge in [0.15, 0.2) is 0 Å². The maximum absolute atomic E-state index is 13.2. The molecule has 7 nitrogen and oxygen atoms in total. The van der Waals surface area contributed by atoms with Crippen molar-refractivity contribution in [1.82, 2.24) is 14.2 Å². The van der Waals surface area contributed by atoms with E-state index >= 15 is 0 Å². The Bertz CT molecular complexity index is 1170. The van der Waals surface area contributed by atoms with E-state index in [1.54, 1.807) is 12.1 Å². The molecule has 33 heavy (non-hydrogen) atoms. The van der Waals surface area contributed by atoms with E-state index in [2.05, 4.69) is 4.72 Å². The van der Waals surface area contributed by atoms with Crippen molar-refractivity contribution >= 4 is 38.4 Å². The highest BCUT2D eigenvalue weighted by atomic mass is 35.5. The van der Waals surface area contributed by atoms with Crippen LogP contribution in [0.25, 0.3) is 10.9 Å². The van der Waals surface area contributed by atoms with Gasteiger partial charge >= 0.3 is 0 Å². The highest BCUT2D eigenvalue weighted by Gasteiger charge is 2.34. The first-order chi connectivity index (χ1) is 15.8. The van der Waals surface area contributed by atoms with Gasteiger partial charge in [0.2, 0.25) is 15.9 Å². The summed E-state index contributed by atoms with van der Waals surface area (Å²) in [6.07, 6.45) is 5.00. The molecular formula is C24H32ClN3O4S. The fourth-order valence-electron chi connectivity index (χ4n) is 5.40. The number of aromatic nitrogens is 1. The van der Waals surface area contributed by atoms with Crippen LogP contribution in [0.3, 0.4) is 0 Å². The van der Waals surface area contributed by atoms with Crippen LogP contribution in [0.5, 0.6) is 0 Å². The third-order valence-electron chi connectivity index (χ3n) is 7.48. The van der Waals surface area contributed by atoms with E-state index in [1.807, 2.05) is 29.5 Å². The SMILES string of the molecule is C[C@H]1COCCN1C(=O)[C@H]1CC[C@H](NS(=O)(=O)c2ccc3c(Cl)c(C4CC4)n(C)c3c2)CC1. The zero-order valence-corrected chi connectivity index (χ0v) is 20.8. The molecule has 3 fully saturated rings. The zero-order chi connectivity index (χ0) is 23.3. The summed E-state index contributed by atoms with van der Waals surface area (Å²) < 4.78 is 36.7. The fraction of sp³-hybridized carbons (Fsp3) is 0.625. The molecular weight excluding hydrogens is 462 g/mol. The number of carbonyl (C=O) groups is 1. The molecule has 2 heterocycles. The van der Waals surface area contributed by atoms with Crippen molar-refractivity contribution in [3.05, 3.63) is 28.9 Å². The van der Waals surface area contributed by atoms with E-state index in [0.29, 0.717) is 51.4 Å². The van der Waals surface area contributed by atoms with Crippen LogP contribution < -0.4 is 4.72 Å². The highest BCUT2D eigenvalue weighted by molar-refractivity contribution is 7.89. The van der Waals surface area contributed by atoms with E-state index in [1.165, 1.54) is 0 Å². The fourth-order valence-corrected chi connectivity index (χ4v) is 7.17. The molecule has 1 aromatic carbocycles. The number of sulfonamides is 1. The predicted molar refractivity (Wildman–Crippen MR) is 128 cm³/mol. The van der Waals surface area contributed by atoms with Crippen LogP contribution in [-0.4, -0.2) is 55.6 Å². The van der Waals surface area contributed by atoms with Gasteiger partial charge in [-0.3, -0.25) is 4.79 Å². The average Bonchev–Trinajstić information content (AvgIpc) is 3.60. The molecule has 9 heteroatoms. The van der Waals surface area contributed by atoms with E-state index in [-0.39, 0.29) is 28.8 Å². The number of amides is 1. The van der Waals surface area contributed by atoms with E-state index in [0.717, 1.165) is 34.5 Å². The summed E-state index contributed by atoms with van der Waals surface area (Å²) in [6.45, 7) is 3.83. The minimum atomic E-state index is -3.66. The molecule has 0 unspecified atom stereocenters. The molecule has 3 aliphatic rings. The quantitative estimate of drug-likeness (QED) is 0.687. The van der Waals surface area contributed by atoms with Crippen molar-refractivity contribution in [3.63, 3.8) is 0 Å². The Hall–Kier alpha value is -1.61. The maximum Gasteiger partial charge on any atom is 0.240 e. The monoisotopic (exact) mass is 493 g/mol. The van der Waals surface area contributed by atoms with Crippen LogP contribution in [0.15, 0.2) is 23.1 Å². The number of fused-ring (bicyclic) bond motifs is 1. The topological polar surface area (TPSA) is 80.6 Å². The summed E-state index contributed by atoms with van der Waals surface area (Å²) in [6, 6.07) is 5.13. The number of aryl methyl sites for hydroxylation is 1. The molecule has 1 aliphatic heterocycles. The molecule has 5 rings (SSSR count). The number of benzene rings is 1. The molecule has 1 amide bonds. The van der Waals surface area contributed by atoms with E-state index in [4.69, 9.17) is 16.3 Å². The van der Waals surface area contributed by atoms with Crippen LogP contribution in [0.4, 0.5) is 0 Å². The molecule has 0 radical (unpaired) electrons. The molecule has 1 atom stereocenters. The van der Waals surface area contributed by atoms with Gasteiger partial charge in [-0.05, 0) is 63.6 Å². The van der Waals surface area contributed by atoms with Gasteiger partial charge in [0.1, 0.15) is 0 Å². The average molecular weight is 494 g/mol. The smallest absolute Gasteiger partial charge is 0.240 e. The summed E-state index contributed by atoms with van der Waals surface area (Å²) in [7, 11) is -1.70. The van der Waals surface area contributed by atoms with Crippen LogP contribution in [-0.2, 0) is 26.6 Å². The van der Waals surface area contributed by atoms with Crippen molar-refractivity contribution in [3.8, 4) is 0 Å². The lowest BCUT2D eigenvalue weighted by atomic mass is 9.85. The Morgan fingerprint density at radius 2 is 1.88 bits per heavy atom. The van der Waals surface area contributed by atoms with Gasteiger partial charge in [-0.2, -0.15) is 0 Å². The number of nitrogens with one attached hydrogen (secondary N) is 1. The van der Waals surface area contributed by atoms with Gasteiger partial charge < -0.3 is 14.2 Å². The number of carbonyl (C=O) groups excluding carboxylic acids is 1. The number of rotatable bonds is 5. The Morgan fingerprint density at radius 3 is 2.55 bits per heavy atom. The van der Waals surface area contributed by atoms with Crippen molar-refractivity contribution in [2.75, 3.05) is 19.8 Å². The largest absolute Gasteiger partial charge is 0.377 e. The number of morpholine rings is 1. The van der Waals surface area contributed by atoms with Crippen molar-refractivity contribution < 1.29 is 17.9 Å². The molecule has 0 spiro atoms. The number of hydrogen-bond acceptors (Lipinski definition) is 4. The summed E-state index contributed by atoms with van der Waals surface area (Å²) in [4.78, 5) is 15.1. The summed E-state index contributed by atoms with van der Waals surface area (Å²) in [5.41, 5.74) is 1.95. The van der Waals surface area contributed by atoms with Crippen molar-refractivity contribution in [1.29, 1.82) is 0 Å².